The van der Waals surface area contributed by atoms with Crippen molar-refractivity contribution in [2.24, 2.45) is 0 Å². The van der Waals surface area contributed by atoms with Gasteiger partial charge in [-0.15, -0.1) is 0 Å². The summed E-state index contributed by atoms with van der Waals surface area (Å²) in [6.45, 7) is 1.59. The van der Waals surface area contributed by atoms with Crippen LogP contribution in [0.15, 0.2) is 24.4 Å². The number of benzene rings is 1. The van der Waals surface area contributed by atoms with Crippen LogP contribution in [0.1, 0.15) is 42.1 Å². The first kappa shape index (κ1) is 15.9. The summed E-state index contributed by atoms with van der Waals surface area (Å²) in [5.74, 6) is -0.188. The molecule has 2 fully saturated rings. The lowest BCUT2D eigenvalue weighted by Gasteiger charge is -2.28. The third-order valence-corrected chi connectivity index (χ3v) is 5.49. The van der Waals surface area contributed by atoms with Gasteiger partial charge < -0.3 is 19.7 Å². The van der Waals surface area contributed by atoms with Gasteiger partial charge >= 0.3 is 0 Å². The summed E-state index contributed by atoms with van der Waals surface area (Å²) in [5, 5.41) is 14.7. The zero-order chi connectivity index (χ0) is 16.7. The summed E-state index contributed by atoms with van der Waals surface area (Å²) >= 11 is 6.37. The van der Waals surface area contributed by atoms with Crippen LogP contribution in [0.25, 0.3) is 10.9 Å². The molecule has 0 atom stereocenters. The van der Waals surface area contributed by atoms with Gasteiger partial charge in [0.2, 0.25) is 0 Å². The van der Waals surface area contributed by atoms with E-state index in [4.69, 9.17) is 16.3 Å². The van der Waals surface area contributed by atoms with Gasteiger partial charge in [-0.2, -0.15) is 0 Å². The molecule has 1 saturated heterocycles. The first-order chi connectivity index (χ1) is 11.6. The van der Waals surface area contributed by atoms with E-state index in [0.29, 0.717) is 23.8 Å². The van der Waals surface area contributed by atoms with Gasteiger partial charge in [-0.25, -0.2) is 0 Å². The van der Waals surface area contributed by atoms with E-state index in [1.165, 1.54) is 0 Å². The summed E-state index contributed by atoms with van der Waals surface area (Å²) in [4.78, 5) is 12.7. The first-order valence-corrected chi connectivity index (χ1v) is 8.83. The number of carbonyl (C=O) groups is 1. The van der Waals surface area contributed by atoms with E-state index in [0.717, 1.165) is 36.6 Å². The number of hydrogen-bond donors (Lipinski definition) is 2. The number of aliphatic hydroxyl groups is 1. The van der Waals surface area contributed by atoms with Crippen molar-refractivity contribution >= 4 is 28.4 Å². The van der Waals surface area contributed by atoms with Gasteiger partial charge in [0, 0.05) is 18.1 Å². The highest BCUT2D eigenvalue weighted by Gasteiger charge is 2.32. The molecule has 2 aromatic rings. The van der Waals surface area contributed by atoms with Gasteiger partial charge in [0.15, 0.2) is 0 Å². The quantitative estimate of drug-likeness (QED) is 0.893. The number of rotatable bonds is 4. The molecule has 1 aliphatic carbocycles. The number of nitrogens with zero attached hydrogens (tertiary/aromatic N) is 1. The standard InChI is InChI=1S/C18H21ClN2O3/c19-14-4-3-5-15-16(14)13(8-21(15)12-9-24-10-12)17(22)20-11-18(23)6-1-2-7-18/h3-5,8,12,23H,1-2,6-7,9-11H2,(H,20,22). The fourth-order valence-corrected chi connectivity index (χ4v) is 3.95. The fraction of sp³-hybridized carbons (Fsp3) is 0.500. The van der Waals surface area contributed by atoms with Gasteiger partial charge in [0.1, 0.15) is 0 Å². The van der Waals surface area contributed by atoms with E-state index in [-0.39, 0.29) is 18.5 Å². The van der Waals surface area contributed by atoms with Gasteiger partial charge in [0.25, 0.3) is 5.91 Å². The number of fused-ring (bicyclic) bond motifs is 1. The lowest BCUT2D eigenvalue weighted by Crippen LogP contribution is -2.40. The Hall–Kier alpha value is -1.56. The van der Waals surface area contributed by atoms with Crippen LogP contribution in [0.2, 0.25) is 5.02 Å². The van der Waals surface area contributed by atoms with E-state index >= 15 is 0 Å². The third kappa shape index (κ3) is 2.70. The molecule has 1 aromatic heterocycles. The minimum Gasteiger partial charge on any atom is -0.388 e. The Balaban J connectivity index is 1.64. The smallest absolute Gasteiger partial charge is 0.253 e. The van der Waals surface area contributed by atoms with Crippen molar-refractivity contribution in [1.82, 2.24) is 9.88 Å². The summed E-state index contributed by atoms with van der Waals surface area (Å²) in [6, 6.07) is 5.91. The Kier molecular flexibility index (Phi) is 4.03. The van der Waals surface area contributed by atoms with Gasteiger partial charge in [-0.05, 0) is 25.0 Å². The highest BCUT2D eigenvalue weighted by atomic mass is 35.5. The summed E-state index contributed by atoms with van der Waals surface area (Å²) in [6.07, 6.45) is 5.38. The second kappa shape index (κ2) is 6.06. The molecule has 4 rings (SSSR count). The zero-order valence-corrected chi connectivity index (χ0v) is 14.2. The molecule has 24 heavy (non-hydrogen) atoms. The van der Waals surface area contributed by atoms with Crippen molar-refractivity contribution < 1.29 is 14.6 Å². The molecule has 0 unspecified atom stereocenters. The fourth-order valence-electron chi connectivity index (χ4n) is 3.68. The number of amides is 1. The Morgan fingerprint density at radius 3 is 2.79 bits per heavy atom. The normalized spacial score (nSPS) is 20.2. The van der Waals surface area contributed by atoms with Crippen LogP contribution in [0.5, 0.6) is 0 Å². The zero-order valence-electron chi connectivity index (χ0n) is 13.4. The molecule has 0 bridgehead atoms. The lowest BCUT2D eigenvalue weighted by molar-refractivity contribution is -0.0214. The molecule has 1 saturated carbocycles. The molecule has 2 heterocycles. The van der Waals surface area contributed by atoms with Gasteiger partial charge in [0.05, 0.1) is 41.0 Å². The Morgan fingerprint density at radius 1 is 1.38 bits per heavy atom. The summed E-state index contributed by atoms with van der Waals surface area (Å²) < 4.78 is 7.35. The molecule has 1 amide bonds. The van der Waals surface area contributed by atoms with Crippen molar-refractivity contribution in [2.75, 3.05) is 19.8 Å². The van der Waals surface area contributed by atoms with Crippen molar-refractivity contribution in [3.63, 3.8) is 0 Å². The Bertz CT molecular complexity index is 776. The van der Waals surface area contributed by atoms with Crippen LogP contribution >= 0.6 is 11.6 Å². The molecule has 6 heteroatoms. The van der Waals surface area contributed by atoms with E-state index in [2.05, 4.69) is 9.88 Å². The lowest BCUT2D eigenvalue weighted by atomic mass is 10.0. The number of ether oxygens (including phenoxy) is 1. The minimum atomic E-state index is -0.764. The molecule has 1 aromatic carbocycles. The number of aromatic nitrogens is 1. The van der Waals surface area contributed by atoms with Crippen molar-refractivity contribution in [1.29, 1.82) is 0 Å². The largest absolute Gasteiger partial charge is 0.388 e. The molecule has 2 aliphatic rings. The van der Waals surface area contributed by atoms with Crippen molar-refractivity contribution in [3.8, 4) is 0 Å². The van der Waals surface area contributed by atoms with E-state index in [9.17, 15) is 9.90 Å². The molecular formula is C18H21ClN2O3. The maximum atomic E-state index is 12.7. The van der Waals surface area contributed by atoms with Crippen LogP contribution in [-0.4, -0.2) is 40.9 Å². The van der Waals surface area contributed by atoms with E-state index in [1.807, 2.05) is 18.3 Å². The topological polar surface area (TPSA) is 63.5 Å². The number of nitrogens with one attached hydrogen (secondary N) is 1. The molecule has 2 N–H and O–H groups in total. The molecule has 128 valence electrons. The second-order valence-electron chi connectivity index (χ2n) is 6.89. The SMILES string of the molecule is O=C(NCC1(O)CCCC1)c1cn(C2COC2)c2cccc(Cl)c12. The molecule has 1 aliphatic heterocycles. The monoisotopic (exact) mass is 348 g/mol. The Morgan fingerprint density at radius 2 is 2.12 bits per heavy atom. The first-order valence-electron chi connectivity index (χ1n) is 8.45. The maximum Gasteiger partial charge on any atom is 0.253 e. The predicted octanol–water partition coefficient (Wildman–Crippen LogP) is 2.90. The van der Waals surface area contributed by atoms with Crippen LogP contribution in [0.3, 0.4) is 0 Å². The van der Waals surface area contributed by atoms with E-state index < -0.39 is 5.60 Å². The van der Waals surface area contributed by atoms with E-state index in [1.54, 1.807) is 6.07 Å². The average molecular weight is 349 g/mol. The average Bonchev–Trinajstić information content (AvgIpc) is 3.10. The van der Waals surface area contributed by atoms with Crippen molar-refractivity contribution in [2.45, 2.75) is 37.3 Å². The van der Waals surface area contributed by atoms with Crippen LogP contribution in [0, 0.1) is 0 Å². The van der Waals surface area contributed by atoms with Gasteiger partial charge in [-0.3, -0.25) is 4.79 Å². The third-order valence-electron chi connectivity index (χ3n) is 5.18. The summed E-state index contributed by atoms with van der Waals surface area (Å²) in [5.41, 5.74) is 0.740. The van der Waals surface area contributed by atoms with Crippen molar-refractivity contribution in [3.05, 3.63) is 35.0 Å². The number of hydrogen-bond acceptors (Lipinski definition) is 3. The number of halogens is 1. The molecule has 0 spiro atoms. The van der Waals surface area contributed by atoms with Gasteiger partial charge in [-0.1, -0.05) is 30.5 Å². The second-order valence-corrected chi connectivity index (χ2v) is 7.30. The molecular weight excluding hydrogens is 328 g/mol. The van der Waals surface area contributed by atoms with Crippen LogP contribution in [0.4, 0.5) is 0 Å². The predicted molar refractivity (Wildman–Crippen MR) is 92.6 cm³/mol. The number of carbonyl (C=O) groups excluding carboxylic acids is 1. The highest BCUT2D eigenvalue weighted by molar-refractivity contribution is 6.36. The summed E-state index contributed by atoms with van der Waals surface area (Å²) in [7, 11) is 0. The van der Waals surface area contributed by atoms with Crippen LogP contribution < -0.4 is 5.32 Å². The highest BCUT2D eigenvalue weighted by Crippen LogP contribution is 2.33. The maximum absolute atomic E-state index is 12.7. The minimum absolute atomic E-state index is 0.188. The Labute approximate surface area is 145 Å². The molecule has 5 nitrogen and oxygen atoms in total. The van der Waals surface area contributed by atoms with Crippen LogP contribution in [-0.2, 0) is 4.74 Å². The molecule has 0 radical (unpaired) electrons.